The van der Waals surface area contributed by atoms with Gasteiger partial charge in [-0.1, -0.05) is 0 Å². The van der Waals surface area contributed by atoms with Gasteiger partial charge >= 0.3 is 6.03 Å². The van der Waals surface area contributed by atoms with Crippen molar-refractivity contribution in [1.29, 1.82) is 0 Å². The molecule has 1 aliphatic rings. The highest BCUT2D eigenvalue weighted by Gasteiger charge is 2.23. The van der Waals surface area contributed by atoms with Crippen LogP contribution in [0.5, 0.6) is 0 Å². The van der Waals surface area contributed by atoms with Crippen molar-refractivity contribution in [2.24, 2.45) is 0 Å². The Morgan fingerprint density at radius 3 is 2.76 bits per heavy atom. The van der Waals surface area contributed by atoms with E-state index in [-0.39, 0.29) is 11.9 Å². The molecule has 0 spiro atoms. The molecule has 3 amide bonds. The first-order valence-corrected chi connectivity index (χ1v) is 9.45. The molecule has 0 saturated heterocycles. The summed E-state index contributed by atoms with van der Waals surface area (Å²) in [6.45, 7) is 5.87. The Hall–Kier alpha value is -3.43. The normalized spacial score (nSPS) is 13.4. The smallest absolute Gasteiger partial charge is 0.319 e. The molecule has 0 radical (unpaired) electrons. The summed E-state index contributed by atoms with van der Waals surface area (Å²) >= 11 is 0. The minimum atomic E-state index is -0.243. The van der Waals surface area contributed by atoms with Crippen LogP contribution in [-0.2, 0) is 19.6 Å². The molecular formula is C19H24N8O2. The van der Waals surface area contributed by atoms with Gasteiger partial charge < -0.3 is 15.1 Å². The molecule has 29 heavy (non-hydrogen) atoms. The summed E-state index contributed by atoms with van der Waals surface area (Å²) in [4.78, 5) is 32.6. The second-order valence-corrected chi connectivity index (χ2v) is 7.46. The van der Waals surface area contributed by atoms with Crippen molar-refractivity contribution in [2.45, 2.75) is 33.5 Å². The van der Waals surface area contributed by atoms with Crippen molar-refractivity contribution >= 4 is 17.6 Å². The second kappa shape index (κ2) is 7.19. The molecule has 1 N–H and O–H groups in total. The number of urea groups is 1. The van der Waals surface area contributed by atoms with E-state index in [0.717, 1.165) is 22.8 Å². The van der Waals surface area contributed by atoms with Gasteiger partial charge in [-0.3, -0.25) is 9.48 Å². The average molecular weight is 396 g/mol. The molecule has 152 valence electrons. The quantitative estimate of drug-likeness (QED) is 0.711. The van der Waals surface area contributed by atoms with Crippen molar-refractivity contribution in [2.75, 3.05) is 20.6 Å². The molecule has 10 nitrogen and oxygen atoms in total. The van der Waals surface area contributed by atoms with E-state index in [1.54, 1.807) is 28.4 Å². The Morgan fingerprint density at radius 1 is 1.21 bits per heavy atom. The predicted octanol–water partition coefficient (Wildman–Crippen LogP) is 0.970. The van der Waals surface area contributed by atoms with Gasteiger partial charge in [-0.05, 0) is 26.0 Å². The zero-order chi connectivity index (χ0) is 20.7. The van der Waals surface area contributed by atoms with Gasteiger partial charge in [0.05, 0.1) is 37.2 Å². The third kappa shape index (κ3) is 3.53. The maximum atomic E-state index is 12.7. The van der Waals surface area contributed by atoms with Crippen LogP contribution in [0, 0.1) is 13.8 Å². The molecule has 4 rings (SSSR count). The molecular weight excluding hydrogens is 372 g/mol. The molecule has 0 atom stereocenters. The fourth-order valence-electron chi connectivity index (χ4n) is 3.56. The first-order chi connectivity index (χ1) is 13.8. The van der Waals surface area contributed by atoms with Crippen molar-refractivity contribution < 1.29 is 9.59 Å². The lowest BCUT2D eigenvalue weighted by Crippen LogP contribution is -2.43. The second-order valence-electron chi connectivity index (χ2n) is 7.46. The summed E-state index contributed by atoms with van der Waals surface area (Å²) in [5.41, 5.74) is 4.45. The van der Waals surface area contributed by atoms with Gasteiger partial charge in [0, 0.05) is 32.0 Å². The SMILES string of the molecule is Cc1cc(C)n2ncc(C(=O)NCc3cc4n(n3)CCN(C(=O)N(C)C)C4)c2n1. The summed E-state index contributed by atoms with van der Waals surface area (Å²) < 4.78 is 3.55. The molecule has 3 aromatic rings. The standard InChI is InChI=1S/C19H24N8O2/c1-12-7-13(2)27-17(22-12)16(10-21-27)18(28)20-9-14-8-15-11-25(19(29)24(3)4)5-6-26(15)23-14/h7-8,10H,5-6,9,11H2,1-4H3,(H,20,28). The number of aromatic nitrogens is 5. The summed E-state index contributed by atoms with van der Waals surface area (Å²) in [6.07, 6.45) is 1.53. The minimum absolute atomic E-state index is 0.0153. The molecule has 4 heterocycles. The molecule has 0 bridgehead atoms. The Balaban J connectivity index is 1.46. The van der Waals surface area contributed by atoms with Crippen molar-refractivity contribution in [3.63, 3.8) is 0 Å². The zero-order valence-electron chi connectivity index (χ0n) is 17.0. The fourth-order valence-corrected chi connectivity index (χ4v) is 3.56. The number of hydrogen-bond donors (Lipinski definition) is 1. The van der Waals surface area contributed by atoms with Crippen LogP contribution in [0.1, 0.15) is 33.1 Å². The lowest BCUT2D eigenvalue weighted by atomic mass is 10.2. The van der Waals surface area contributed by atoms with Gasteiger partial charge in [0.2, 0.25) is 0 Å². The number of fused-ring (bicyclic) bond motifs is 2. The highest BCUT2D eigenvalue weighted by Crippen LogP contribution is 2.16. The van der Waals surface area contributed by atoms with Crippen molar-refractivity contribution in [3.8, 4) is 0 Å². The number of aryl methyl sites for hydroxylation is 2. The Kier molecular flexibility index (Phi) is 4.69. The molecule has 1 aliphatic heterocycles. The maximum absolute atomic E-state index is 12.7. The van der Waals surface area contributed by atoms with Crippen LogP contribution in [0.25, 0.3) is 5.65 Å². The molecule has 0 aromatic carbocycles. The van der Waals surface area contributed by atoms with E-state index >= 15 is 0 Å². The van der Waals surface area contributed by atoms with Crippen LogP contribution in [-0.4, -0.2) is 66.8 Å². The van der Waals surface area contributed by atoms with E-state index in [1.807, 2.05) is 30.7 Å². The Morgan fingerprint density at radius 2 is 2.00 bits per heavy atom. The lowest BCUT2D eigenvalue weighted by molar-refractivity contribution is 0.0951. The Bertz CT molecular complexity index is 1100. The van der Waals surface area contributed by atoms with E-state index in [4.69, 9.17) is 0 Å². The van der Waals surface area contributed by atoms with Crippen LogP contribution in [0.4, 0.5) is 4.79 Å². The van der Waals surface area contributed by atoms with E-state index in [9.17, 15) is 9.59 Å². The van der Waals surface area contributed by atoms with Gasteiger partial charge in [0.25, 0.3) is 5.91 Å². The number of carbonyl (C=O) groups excluding carboxylic acids is 2. The summed E-state index contributed by atoms with van der Waals surface area (Å²) in [6, 6.07) is 3.83. The molecule has 0 aliphatic carbocycles. The van der Waals surface area contributed by atoms with Crippen LogP contribution >= 0.6 is 0 Å². The maximum Gasteiger partial charge on any atom is 0.319 e. The monoisotopic (exact) mass is 396 g/mol. The van der Waals surface area contributed by atoms with Crippen LogP contribution < -0.4 is 5.32 Å². The lowest BCUT2D eigenvalue weighted by Gasteiger charge is -2.29. The average Bonchev–Trinajstić information content (AvgIpc) is 3.28. The summed E-state index contributed by atoms with van der Waals surface area (Å²) in [5.74, 6) is -0.243. The van der Waals surface area contributed by atoms with Gasteiger partial charge in [-0.25, -0.2) is 14.3 Å². The summed E-state index contributed by atoms with van der Waals surface area (Å²) in [5, 5.41) is 11.7. The first-order valence-electron chi connectivity index (χ1n) is 9.45. The third-order valence-electron chi connectivity index (χ3n) is 4.95. The number of nitrogens with zero attached hydrogens (tertiary/aromatic N) is 7. The predicted molar refractivity (Wildman–Crippen MR) is 105 cm³/mol. The van der Waals surface area contributed by atoms with Crippen LogP contribution in [0.15, 0.2) is 18.3 Å². The van der Waals surface area contributed by atoms with E-state index in [0.29, 0.717) is 37.4 Å². The van der Waals surface area contributed by atoms with E-state index < -0.39 is 0 Å². The molecule has 0 unspecified atom stereocenters. The van der Waals surface area contributed by atoms with Crippen LogP contribution in [0.2, 0.25) is 0 Å². The Labute approximate surface area is 168 Å². The number of amides is 3. The number of carbonyl (C=O) groups is 2. The third-order valence-corrected chi connectivity index (χ3v) is 4.95. The highest BCUT2D eigenvalue weighted by atomic mass is 16.2. The first kappa shape index (κ1) is 18.9. The number of nitrogens with one attached hydrogen (secondary N) is 1. The van der Waals surface area contributed by atoms with Crippen molar-refractivity contribution in [3.05, 3.63) is 46.7 Å². The zero-order valence-corrected chi connectivity index (χ0v) is 17.0. The van der Waals surface area contributed by atoms with Gasteiger partial charge in [0.1, 0.15) is 5.56 Å². The van der Waals surface area contributed by atoms with Gasteiger partial charge in [-0.2, -0.15) is 10.2 Å². The molecule has 0 saturated carbocycles. The topological polar surface area (TPSA) is 101 Å². The fraction of sp³-hybridized carbons (Fsp3) is 0.421. The largest absolute Gasteiger partial charge is 0.346 e. The highest BCUT2D eigenvalue weighted by molar-refractivity contribution is 5.99. The van der Waals surface area contributed by atoms with E-state index in [2.05, 4.69) is 20.5 Å². The minimum Gasteiger partial charge on any atom is -0.346 e. The van der Waals surface area contributed by atoms with Crippen LogP contribution in [0.3, 0.4) is 0 Å². The number of rotatable bonds is 3. The van der Waals surface area contributed by atoms with Gasteiger partial charge in [0.15, 0.2) is 5.65 Å². The van der Waals surface area contributed by atoms with Crippen molar-refractivity contribution in [1.82, 2.24) is 39.5 Å². The number of hydrogen-bond acceptors (Lipinski definition) is 5. The molecule has 3 aromatic heterocycles. The van der Waals surface area contributed by atoms with E-state index in [1.165, 1.54) is 6.20 Å². The molecule has 0 fully saturated rings. The summed E-state index contributed by atoms with van der Waals surface area (Å²) in [7, 11) is 3.49. The van der Waals surface area contributed by atoms with Gasteiger partial charge in [-0.15, -0.1) is 0 Å². The molecule has 10 heteroatoms.